The Balaban J connectivity index is 2.14. The standard InChI is InChI=1S/C23H25FN2OS/c1-15(2)14-19-16(3)25-22(18-10-7-11-20(24)21(18)27)26(23(19)28)13-12-17-8-5-4-6-9-17/h4-11,15,27H,12-14H2,1-3H3. The van der Waals surface area contributed by atoms with Crippen LogP contribution < -0.4 is 0 Å². The van der Waals surface area contributed by atoms with Crippen molar-refractivity contribution in [1.82, 2.24) is 9.55 Å². The number of hydrogen-bond donors (Lipinski definition) is 1. The minimum Gasteiger partial charge on any atom is -0.504 e. The van der Waals surface area contributed by atoms with E-state index in [4.69, 9.17) is 17.2 Å². The summed E-state index contributed by atoms with van der Waals surface area (Å²) in [6, 6.07) is 14.6. The molecule has 0 aliphatic heterocycles. The average Bonchev–Trinajstić information content (AvgIpc) is 2.67. The summed E-state index contributed by atoms with van der Waals surface area (Å²) in [5, 5.41) is 10.3. The van der Waals surface area contributed by atoms with E-state index in [-0.39, 0.29) is 0 Å². The Labute approximate surface area is 170 Å². The SMILES string of the molecule is Cc1nc(-c2cccc(F)c2O)n(CCc2ccccc2)c(=S)c1CC(C)C. The predicted molar refractivity (Wildman–Crippen MR) is 114 cm³/mol. The number of halogens is 1. The van der Waals surface area contributed by atoms with E-state index in [1.54, 1.807) is 12.1 Å². The zero-order chi connectivity index (χ0) is 20.3. The van der Waals surface area contributed by atoms with Gasteiger partial charge in [0.2, 0.25) is 0 Å². The van der Waals surface area contributed by atoms with Crippen LogP contribution in [0.3, 0.4) is 0 Å². The van der Waals surface area contributed by atoms with Gasteiger partial charge in [-0.1, -0.05) is 62.5 Å². The van der Waals surface area contributed by atoms with Crippen molar-refractivity contribution in [3.05, 3.63) is 75.8 Å². The van der Waals surface area contributed by atoms with Gasteiger partial charge in [0.05, 0.1) is 5.56 Å². The van der Waals surface area contributed by atoms with Crippen LogP contribution in [-0.2, 0) is 19.4 Å². The van der Waals surface area contributed by atoms with Gasteiger partial charge in [-0.05, 0) is 43.4 Å². The molecule has 0 unspecified atom stereocenters. The molecule has 28 heavy (non-hydrogen) atoms. The van der Waals surface area contributed by atoms with E-state index in [1.165, 1.54) is 11.6 Å². The molecule has 0 fully saturated rings. The second kappa shape index (κ2) is 8.65. The highest BCUT2D eigenvalue weighted by atomic mass is 32.1. The second-order valence-corrected chi connectivity index (χ2v) is 7.81. The molecule has 1 aromatic heterocycles. The topological polar surface area (TPSA) is 38.1 Å². The molecular formula is C23H25FN2OS. The van der Waals surface area contributed by atoms with Crippen LogP contribution in [0.15, 0.2) is 48.5 Å². The molecule has 0 aliphatic rings. The summed E-state index contributed by atoms with van der Waals surface area (Å²) in [6.07, 6.45) is 1.60. The number of benzene rings is 2. The fourth-order valence-electron chi connectivity index (χ4n) is 3.34. The zero-order valence-electron chi connectivity index (χ0n) is 16.4. The minimum absolute atomic E-state index is 0.360. The van der Waals surface area contributed by atoms with Crippen molar-refractivity contribution >= 4 is 12.2 Å². The number of nitrogens with zero attached hydrogens (tertiary/aromatic N) is 2. The highest BCUT2D eigenvalue weighted by Gasteiger charge is 2.18. The lowest BCUT2D eigenvalue weighted by Gasteiger charge is -2.19. The monoisotopic (exact) mass is 396 g/mol. The number of phenolic OH excluding ortho intramolecular Hbond substituents is 1. The molecule has 146 valence electrons. The number of aromatic hydroxyl groups is 1. The van der Waals surface area contributed by atoms with Gasteiger partial charge in [-0.25, -0.2) is 9.37 Å². The number of phenols is 1. The number of hydrogen-bond acceptors (Lipinski definition) is 3. The molecule has 5 heteroatoms. The Morgan fingerprint density at radius 1 is 1.11 bits per heavy atom. The first-order valence-electron chi connectivity index (χ1n) is 9.50. The van der Waals surface area contributed by atoms with E-state index in [1.807, 2.05) is 29.7 Å². The van der Waals surface area contributed by atoms with Crippen molar-refractivity contribution in [1.29, 1.82) is 0 Å². The van der Waals surface area contributed by atoms with Crippen LogP contribution in [0, 0.1) is 23.3 Å². The minimum atomic E-state index is -0.663. The van der Waals surface area contributed by atoms with E-state index >= 15 is 0 Å². The highest BCUT2D eigenvalue weighted by molar-refractivity contribution is 7.71. The van der Waals surface area contributed by atoms with E-state index in [9.17, 15) is 9.50 Å². The van der Waals surface area contributed by atoms with Crippen LogP contribution in [0.4, 0.5) is 4.39 Å². The Kier molecular flexibility index (Phi) is 6.25. The second-order valence-electron chi connectivity index (χ2n) is 7.43. The van der Waals surface area contributed by atoms with E-state index in [0.29, 0.717) is 28.5 Å². The summed E-state index contributed by atoms with van der Waals surface area (Å²) in [7, 11) is 0. The summed E-state index contributed by atoms with van der Waals surface area (Å²) in [4.78, 5) is 4.74. The molecule has 0 radical (unpaired) electrons. The molecule has 1 N–H and O–H groups in total. The number of para-hydroxylation sites is 1. The maximum absolute atomic E-state index is 14.0. The number of aromatic nitrogens is 2. The molecule has 0 saturated heterocycles. The fourth-order valence-corrected chi connectivity index (χ4v) is 3.75. The van der Waals surface area contributed by atoms with Crippen LogP contribution in [0.25, 0.3) is 11.4 Å². The van der Waals surface area contributed by atoms with Gasteiger partial charge in [-0.15, -0.1) is 0 Å². The van der Waals surface area contributed by atoms with Gasteiger partial charge in [0.25, 0.3) is 0 Å². The lowest BCUT2D eigenvalue weighted by atomic mass is 10.0. The van der Waals surface area contributed by atoms with E-state index in [2.05, 4.69) is 26.0 Å². The van der Waals surface area contributed by atoms with Crippen molar-refractivity contribution in [3.8, 4) is 17.1 Å². The van der Waals surface area contributed by atoms with E-state index in [0.717, 1.165) is 24.1 Å². The first-order valence-corrected chi connectivity index (χ1v) is 9.91. The van der Waals surface area contributed by atoms with Crippen LogP contribution in [-0.4, -0.2) is 14.7 Å². The number of aryl methyl sites for hydroxylation is 2. The Bertz CT molecular complexity index is 1030. The fraction of sp³-hybridized carbons (Fsp3) is 0.304. The first-order chi connectivity index (χ1) is 13.4. The summed E-state index contributed by atoms with van der Waals surface area (Å²) < 4.78 is 16.6. The number of rotatable bonds is 6. The van der Waals surface area contributed by atoms with Crippen molar-refractivity contribution in [2.75, 3.05) is 0 Å². The van der Waals surface area contributed by atoms with Gasteiger partial charge in [0, 0.05) is 17.8 Å². The summed E-state index contributed by atoms with van der Waals surface area (Å²) >= 11 is 5.82. The molecule has 0 saturated carbocycles. The predicted octanol–water partition coefficient (Wildman–Crippen LogP) is 5.87. The molecule has 0 bridgehead atoms. The quantitative estimate of drug-likeness (QED) is 0.529. The maximum atomic E-state index is 14.0. The third kappa shape index (κ3) is 4.30. The van der Waals surface area contributed by atoms with Crippen LogP contribution in [0.1, 0.15) is 30.7 Å². The van der Waals surface area contributed by atoms with Crippen molar-refractivity contribution in [2.24, 2.45) is 5.92 Å². The van der Waals surface area contributed by atoms with Crippen LogP contribution in [0.5, 0.6) is 5.75 Å². The Morgan fingerprint density at radius 2 is 1.82 bits per heavy atom. The molecule has 1 heterocycles. The molecule has 3 aromatic rings. The van der Waals surface area contributed by atoms with Gasteiger partial charge in [-0.2, -0.15) is 0 Å². The first kappa shape index (κ1) is 20.2. The average molecular weight is 397 g/mol. The molecule has 3 rings (SSSR count). The van der Waals surface area contributed by atoms with Crippen molar-refractivity contribution < 1.29 is 9.50 Å². The molecule has 2 aromatic carbocycles. The Morgan fingerprint density at radius 3 is 2.50 bits per heavy atom. The smallest absolute Gasteiger partial charge is 0.165 e. The molecule has 0 atom stereocenters. The molecule has 0 amide bonds. The van der Waals surface area contributed by atoms with Crippen molar-refractivity contribution in [3.63, 3.8) is 0 Å². The van der Waals surface area contributed by atoms with E-state index < -0.39 is 11.6 Å². The van der Waals surface area contributed by atoms with Gasteiger partial charge >= 0.3 is 0 Å². The molecule has 3 nitrogen and oxygen atoms in total. The zero-order valence-corrected chi connectivity index (χ0v) is 17.3. The highest BCUT2D eigenvalue weighted by Crippen LogP contribution is 2.31. The van der Waals surface area contributed by atoms with Crippen LogP contribution in [0.2, 0.25) is 0 Å². The van der Waals surface area contributed by atoms with Crippen molar-refractivity contribution in [2.45, 2.75) is 40.2 Å². The summed E-state index contributed by atoms with van der Waals surface area (Å²) in [5.74, 6) is -0.112. The third-order valence-corrected chi connectivity index (χ3v) is 5.24. The normalized spacial score (nSPS) is 11.2. The summed E-state index contributed by atoms with van der Waals surface area (Å²) in [5.41, 5.74) is 3.41. The van der Waals surface area contributed by atoms with Gasteiger partial charge in [0.1, 0.15) is 10.5 Å². The lowest BCUT2D eigenvalue weighted by molar-refractivity contribution is 0.433. The largest absolute Gasteiger partial charge is 0.504 e. The maximum Gasteiger partial charge on any atom is 0.165 e. The Hall–Kier alpha value is -2.53. The lowest BCUT2D eigenvalue weighted by Crippen LogP contribution is -2.14. The van der Waals surface area contributed by atoms with Crippen LogP contribution >= 0.6 is 12.2 Å². The molecule has 0 spiro atoms. The van der Waals surface area contributed by atoms with Gasteiger partial charge in [0.15, 0.2) is 11.6 Å². The van der Waals surface area contributed by atoms with Gasteiger partial charge < -0.3 is 9.67 Å². The third-order valence-electron chi connectivity index (χ3n) is 4.78. The molecular weight excluding hydrogens is 371 g/mol. The molecule has 0 aliphatic carbocycles. The summed E-state index contributed by atoms with van der Waals surface area (Å²) in [6.45, 7) is 6.82. The van der Waals surface area contributed by atoms with Gasteiger partial charge in [-0.3, -0.25) is 0 Å².